The molecule has 4 aromatic heterocycles. The number of hydrogen-bond acceptors (Lipinski definition) is 7. The molecule has 0 atom stereocenters. The predicted octanol–water partition coefficient (Wildman–Crippen LogP) is 2.35. The van der Waals surface area contributed by atoms with E-state index in [4.69, 9.17) is 14.0 Å². The van der Waals surface area contributed by atoms with Gasteiger partial charge in [0.2, 0.25) is 0 Å². The number of imidazole rings is 1. The second-order valence-corrected chi connectivity index (χ2v) is 6.15. The van der Waals surface area contributed by atoms with Gasteiger partial charge < -0.3 is 18.8 Å². The van der Waals surface area contributed by atoms with Crippen molar-refractivity contribution in [1.29, 1.82) is 0 Å². The lowest BCUT2D eigenvalue weighted by molar-refractivity contribution is 0.407. The maximum absolute atomic E-state index is 5.28. The molecule has 0 radical (unpaired) electrons. The van der Waals surface area contributed by atoms with Crippen molar-refractivity contribution in [3.05, 3.63) is 48.4 Å². The molecular formula is C17H18ClN7O2. The highest BCUT2D eigenvalue weighted by Crippen LogP contribution is 2.21. The maximum Gasteiger partial charge on any atom is 0.293 e. The van der Waals surface area contributed by atoms with E-state index >= 15 is 0 Å². The molecule has 0 spiro atoms. The van der Waals surface area contributed by atoms with E-state index in [1.165, 1.54) is 5.69 Å². The predicted molar refractivity (Wildman–Crippen MR) is 98.1 cm³/mol. The zero-order chi connectivity index (χ0) is 17.3. The molecule has 1 aliphatic heterocycles. The molecule has 0 aromatic carbocycles. The molecule has 5 rings (SSSR count). The van der Waals surface area contributed by atoms with Crippen LogP contribution in [0.3, 0.4) is 0 Å². The number of aromatic nitrogens is 6. The molecule has 0 amide bonds. The van der Waals surface area contributed by atoms with Gasteiger partial charge in [-0.1, -0.05) is 5.16 Å². The summed E-state index contributed by atoms with van der Waals surface area (Å²) in [6, 6.07) is 5.65. The fourth-order valence-electron chi connectivity index (χ4n) is 3.11. The zero-order valence-electron chi connectivity index (χ0n) is 14.4. The summed E-state index contributed by atoms with van der Waals surface area (Å²) in [5, 5.41) is 12.1. The molecule has 0 unspecified atom stereocenters. The number of nitrogens with one attached hydrogen (secondary N) is 1. The number of rotatable bonds is 4. The summed E-state index contributed by atoms with van der Waals surface area (Å²) in [6.07, 6.45) is 6.29. The van der Waals surface area contributed by atoms with Crippen molar-refractivity contribution in [2.24, 2.45) is 0 Å². The van der Waals surface area contributed by atoms with Crippen LogP contribution < -0.4 is 5.32 Å². The summed E-state index contributed by atoms with van der Waals surface area (Å²) >= 11 is 0. The van der Waals surface area contributed by atoms with E-state index < -0.39 is 0 Å². The molecule has 4 aromatic rings. The molecule has 5 heterocycles. The average molecular weight is 388 g/mol. The number of nitrogens with zero attached hydrogens (tertiary/aromatic N) is 6. The van der Waals surface area contributed by atoms with Gasteiger partial charge in [0.1, 0.15) is 5.69 Å². The molecule has 0 aliphatic carbocycles. The molecule has 0 bridgehead atoms. The summed E-state index contributed by atoms with van der Waals surface area (Å²) in [5.41, 5.74) is 2.02. The second kappa shape index (κ2) is 7.37. The Morgan fingerprint density at radius 3 is 3.15 bits per heavy atom. The van der Waals surface area contributed by atoms with Crippen molar-refractivity contribution in [2.75, 3.05) is 6.54 Å². The van der Waals surface area contributed by atoms with Crippen LogP contribution in [0.15, 0.2) is 45.8 Å². The van der Waals surface area contributed by atoms with Crippen LogP contribution in [0, 0.1) is 0 Å². The minimum absolute atomic E-state index is 0. The van der Waals surface area contributed by atoms with E-state index in [2.05, 4.69) is 31.2 Å². The Morgan fingerprint density at radius 1 is 1.30 bits per heavy atom. The van der Waals surface area contributed by atoms with Gasteiger partial charge >= 0.3 is 0 Å². The Labute approximate surface area is 160 Å². The van der Waals surface area contributed by atoms with E-state index in [1.807, 2.05) is 10.8 Å². The topological polar surface area (TPSA) is 99.7 Å². The Morgan fingerprint density at radius 2 is 2.26 bits per heavy atom. The Kier molecular flexibility index (Phi) is 4.78. The number of aryl methyl sites for hydroxylation is 1. The van der Waals surface area contributed by atoms with Crippen LogP contribution in [-0.2, 0) is 19.6 Å². The number of hydrogen-bond donors (Lipinski definition) is 1. The van der Waals surface area contributed by atoms with Gasteiger partial charge in [0.05, 0.1) is 18.5 Å². The third kappa shape index (κ3) is 3.38. The van der Waals surface area contributed by atoms with Crippen LogP contribution in [0.4, 0.5) is 0 Å². The average Bonchev–Trinajstić information content (AvgIpc) is 3.41. The zero-order valence-corrected chi connectivity index (χ0v) is 15.2. The lowest BCUT2D eigenvalue weighted by Crippen LogP contribution is -2.11. The highest BCUT2D eigenvalue weighted by atomic mass is 35.5. The number of halogens is 1. The first-order valence-electron chi connectivity index (χ1n) is 8.52. The normalized spacial score (nSPS) is 13.8. The lowest BCUT2D eigenvalue weighted by Gasteiger charge is -2.02. The molecule has 140 valence electrons. The van der Waals surface area contributed by atoms with Crippen LogP contribution in [0.1, 0.15) is 17.9 Å². The van der Waals surface area contributed by atoms with Crippen LogP contribution in [0.5, 0.6) is 0 Å². The van der Waals surface area contributed by atoms with Crippen LogP contribution in [0.25, 0.3) is 23.2 Å². The van der Waals surface area contributed by atoms with Crippen molar-refractivity contribution in [3.63, 3.8) is 0 Å². The van der Waals surface area contributed by atoms with Crippen molar-refractivity contribution >= 4 is 12.4 Å². The van der Waals surface area contributed by atoms with Gasteiger partial charge in [-0.15, -0.1) is 12.4 Å². The molecule has 1 N–H and O–H groups in total. The molecule has 0 saturated carbocycles. The van der Waals surface area contributed by atoms with E-state index in [0.29, 0.717) is 24.0 Å². The molecule has 9 nitrogen and oxygen atoms in total. The lowest BCUT2D eigenvalue weighted by atomic mass is 10.3. The van der Waals surface area contributed by atoms with Crippen molar-refractivity contribution in [2.45, 2.75) is 26.1 Å². The first kappa shape index (κ1) is 17.5. The van der Waals surface area contributed by atoms with Crippen molar-refractivity contribution in [3.8, 4) is 23.2 Å². The van der Waals surface area contributed by atoms with Crippen LogP contribution in [0.2, 0.25) is 0 Å². The molecule has 0 fully saturated rings. The highest BCUT2D eigenvalue weighted by Gasteiger charge is 2.17. The van der Waals surface area contributed by atoms with E-state index in [1.54, 1.807) is 24.6 Å². The largest absolute Gasteiger partial charge is 0.459 e. The quantitative estimate of drug-likeness (QED) is 0.573. The number of fused-ring (bicyclic) bond motifs is 1. The Hall–Kier alpha value is -2.91. The summed E-state index contributed by atoms with van der Waals surface area (Å²) < 4.78 is 14.6. The van der Waals surface area contributed by atoms with Gasteiger partial charge in [-0.25, -0.2) is 4.98 Å². The minimum Gasteiger partial charge on any atom is -0.459 e. The smallest absolute Gasteiger partial charge is 0.293 e. The van der Waals surface area contributed by atoms with Crippen molar-refractivity contribution < 1.29 is 8.94 Å². The Balaban J connectivity index is 0.00000180. The Bertz CT molecular complexity index is 995. The minimum atomic E-state index is 0. The summed E-state index contributed by atoms with van der Waals surface area (Å²) in [7, 11) is 0. The second-order valence-electron chi connectivity index (χ2n) is 6.15. The van der Waals surface area contributed by atoms with Gasteiger partial charge in [-0.2, -0.15) is 10.1 Å². The third-order valence-corrected chi connectivity index (χ3v) is 4.35. The molecule has 27 heavy (non-hydrogen) atoms. The number of furan rings is 1. The molecule has 0 saturated heterocycles. The summed E-state index contributed by atoms with van der Waals surface area (Å²) in [5.74, 6) is 2.26. The molecular weight excluding hydrogens is 370 g/mol. The molecule has 10 heteroatoms. The van der Waals surface area contributed by atoms with Gasteiger partial charge in [0.15, 0.2) is 17.4 Å². The van der Waals surface area contributed by atoms with E-state index in [9.17, 15) is 0 Å². The van der Waals surface area contributed by atoms with Crippen molar-refractivity contribution in [1.82, 2.24) is 34.8 Å². The van der Waals surface area contributed by atoms with E-state index in [-0.39, 0.29) is 12.4 Å². The van der Waals surface area contributed by atoms with Gasteiger partial charge in [0.25, 0.3) is 5.89 Å². The fourth-order valence-corrected chi connectivity index (χ4v) is 3.11. The van der Waals surface area contributed by atoms with E-state index in [0.717, 1.165) is 37.6 Å². The first-order valence-corrected chi connectivity index (χ1v) is 8.52. The summed E-state index contributed by atoms with van der Waals surface area (Å²) in [6.45, 7) is 3.20. The third-order valence-electron chi connectivity index (χ3n) is 4.35. The van der Waals surface area contributed by atoms with Crippen LogP contribution in [-0.4, -0.2) is 36.0 Å². The van der Waals surface area contributed by atoms with Gasteiger partial charge in [0, 0.05) is 25.5 Å². The SMILES string of the molecule is Cl.c1coc(-c2nc(Cn3ccnc3-c3cc4n(n3)CCCNC4)no2)c1. The van der Waals surface area contributed by atoms with Crippen LogP contribution >= 0.6 is 12.4 Å². The maximum atomic E-state index is 5.28. The van der Waals surface area contributed by atoms with Gasteiger partial charge in [-0.05, 0) is 31.2 Å². The molecule has 1 aliphatic rings. The first-order chi connectivity index (χ1) is 12.9. The fraction of sp³-hybridized carbons (Fsp3) is 0.294. The monoisotopic (exact) mass is 387 g/mol. The standard InChI is InChI=1S/C17H17N7O2.ClH/c1-3-14(25-8-1)17-20-15(22-26-17)11-23-7-5-19-16(23)13-9-12-10-18-4-2-6-24(12)21-13;/h1,3,5,7-9,18H,2,4,6,10-11H2;1H. The summed E-state index contributed by atoms with van der Waals surface area (Å²) in [4.78, 5) is 8.85. The highest BCUT2D eigenvalue weighted by molar-refractivity contribution is 5.85. The van der Waals surface area contributed by atoms with Gasteiger partial charge in [-0.3, -0.25) is 4.68 Å².